The van der Waals surface area contributed by atoms with E-state index in [0.717, 1.165) is 25.7 Å². The fourth-order valence-corrected chi connectivity index (χ4v) is 2.00. The third-order valence-corrected chi connectivity index (χ3v) is 2.93. The first-order valence-corrected chi connectivity index (χ1v) is 6.35. The minimum absolute atomic E-state index is 0.348. The SMILES string of the molecule is COCC(CNC1CC1)N(C)CC(C)(C)C. The Labute approximate surface area is 101 Å². The van der Waals surface area contributed by atoms with Crippen molar-refractivity contribution in [1.82, 2.24) is 10.2 Å². The van der Waals surface area contributed by atoms with E-state index in [9.17, 15) is 0 Å². The number of nitrogens with one attached hydrogen (secondary N) is 1. The molecule has 0 aliphatic heterocycles. The van der Waals surface area contributed by atoms with Gasteiger partial charge in [-0.1, -0.05) is 20.8 Å². The van der Waals surface area contributed by atoms with Gasteiger partial charge in [-0.3, -0.25) is 4.90 Å². The minimum Gasteiger partial charge on any atom is -0.383 e. The van der Waals surface area contributed by atoms with E-state index in [1.807, 2.05) is 0 Å². The molecule has 1 fully saturated rings. The molecule has 0 bridgehead atoms. The lowest BCUT2D eigenvalue weighted by molar-refractivity contribution is 0.0848. The lowest BCUT2D eigenvalue weighted by Gasteiger charge is -2.33. The Balaban J connectivity index is 2.33. The van der Waals surface area contributed by atoms with Crippen molar-refractivity contribution in [2.24, 2.45) is 5.41 Å². The molecule has 0 heterocycles. The molecule has 1 saturated carbocycles. The van der Waals surface area contributed by atoms with Crippen LogP contribution in [0.15, 0.2) is 0 Å². The van der Waals surface area contributed by atoms with Crippen LogP contribution in [0.25, 0.3) is 0 Å². The number of nitrogens with zero attached hydrogens (tertiary/aromatic N) is 1. The van der Waals surface area contributed by atoms with Crippen LogP contribution >= 0.6 is 0 Å². The molecule has 0 aromatic heterocycles. The molecule has 3 nitrogen and oxygen atoms in total. The van der Waals surface area contributed by atoms with Gasteiger partial charge in [0.15, 0.2) is 0 Å². The summed E-state index contributed by atoms with van der Waals surface area (Å²) in [6, 6.07) is 1.27. The highest BCUT2D eigenvalue weighted by atomic mass is 16.5. The van der Waals surface area contributed by atoms with E-state index in [4.69, 9.17) is 4.74 Å². The third kappa shape index (κ3) is 5.83. The van der Waals surface area contributed by atoms with Crippen LogP contribution in [0.5, 0.6) is 0 Å². The van der Waals surface area contributed by atoms with E-state index in [1.54, 1.807) is 7.11 Å². The van der Waals surface area contributed by atoms with Crippen LogP contribution in [0.4, 0.5) is 0 Å². The van der Waals surface area contributed by atoms with Gasteiger partial charge in [0.25, 0.3) is 0 Å². The molecule has 1 N–H and O–H groups in total. The van der Waals surface area contributed by atoms with Gasteiger partial charge in [-0.25, -0.2) is 0 Å². The summed E-state index contributed by atoms with van der Waals surface area (Å²) in [5.74, 6) is 0. The molecule has 0 amide bonds. The summed E-state index contributed by atoms with van der Waals surface area (Å²) in [4.78, 5) is 2.42. The Morgan fingerprint density at radius 1 is 1.38 bits per heavy atom. The van der Waals surface area contributed by atoms with Gasteiger partial charge < -0.3 is 10.1 Å². The maximum Gasteiger partial charge on any atom is 0.0630 e. The number of likely N-dealkylation sites (N-methyl/N-ethyl adjacent to an activating group) is 1. The fraction of sp³-hybridized carbons (Fsp3) is 1.00. The highest BCUT2D eigenvalue weighted by Crippen LogP contribution is 2.19. The third-order valence-electron chi connectivity index (χ3n) is 2.93. The molecule has 0 radical (unpaired) electrons. The molecule has 0 spiro atoms. The summed E-state index contributed by atoms with van der Waals surface area (Å²) < 4.78 is 5.31. The summed E-state index contributed by atoms with van der Waals surface area (Å²) in [6.45, 7) is 9.80. The smallest absolute Gasteiger partial charge is 0.0630 e. The van der Waals surface area contributed by atoms with E-state index in [-0.39, 0.29) is 0 Å². The zero-order valence-corrected chi connectivity index (χ0v) is 11.5. The first-order valence-electron chi connectivity index (χ1n) is 6.35. The van der Waals surface area contributed by atoms with Gasteiger partial charge in [0.1, 0.15) is 0 Å². The topological polar surface area (TPSA) is 24.5 Å². The molecular weight excluding hydrogens is 200 g/mol. The molecule has 3 heteroatoms. The van der Waals surface area contributed by atoms with E-state index >= 15 is 0 Å². The number of rotatable bonds is 7. The molecule has 1 aliphatic carbocycles. The molecule has 1 atom stereocenters. The quantitative estimate of drug-likeness (QED) is 0.718. The van der Waals surface area contributed by atoms with E-state index in [1.165, 1.54) is 12.8 Å². The second-order valence-electron chi connectivity index (χ2n) is 6.27. The highest BCUT2D eigenvalue weighted by Gasteiger charge is 2.25. The molecule has 1 rings (SSSR count). The predicted octanol–water partition coefficient (Wildman–Crippen LogP) is 1.73. The van der Waals surface area contributed by atoms with Crippen molar-refractivity contribution in [1.29, 1.82) is 0 Å². The van der Waals surface area contributed by atoms with Gasteiger partial charge in [-0.05, 0) is 25.3 Å². The Morgan fingerprint density at radius 2 is 2.00 bits per heavy atom. The monoisotopic (exact) mass is 228 g/mol. The van der Waals surface area contributed by atoms with Crippen molar-refractivity contribution in [2.45, 2.75) is 45.7 Å². The summed E-state index contributed by atoms with van der Waals surface area (Å²) in [5, 5.41) is 3.59. The van der Waals surface area contributed by atoms with Crippen molar-refractivity contribution in [3.63, 3.8) is 0 Å². The van der Waals surface area contributed by atoms with Crippen LogP contribution in [0.2, 0.25) is 0 Å². The van der Waals surface area contributed by atoms with E-state index < -0.39 is 0 Å². The molecule has 0 saturated heterocycles. The zero-order chi connectivity index (χ0) is 12.2. The van der Waals surface area contributed by atoms with Crippen LogP contribution in [0.1, 0.15) is 33.6 Å². The van der Waals surface area contributed by atoms with Crippen molar-refractivity contribution in [2.75, 3.05) is 33.9 Å². The van der Waals surface area contributed by atoms with Gasteiger partial charge >= 0.3 is 0 Å². The fourth-order valence-electron chi connectivity index (χ4n) is 2.00. The molecule has 0 aromatic carbocycles. The first-order chi connectivity index (χ1) is 7.42. The molecule has 16 heavy (non-hydrogen) atoms. The average Bonchev–Trinajstić information content (AvgIpc) is 2.92. The number of ether oxygens (including phenoxy) is 1. The van der Waals surface area contributed by atoms with Crippen LogP contribution < -0.4 is 5.32 Å². The predicted molar refractivity (Wildman–Crippen MR) is 68.8 cm³/mol. The number of hydrogen-bond donors (Lipinski definition) is 1. The molecule has 0 aromatic rings. The Morgan fingerprint density at radius 3 is 2.44 bits per heavy atom. The van der Waals surface area contributed by atoms with Crippen LogP contribution in [-0.2, 0) is 4.74 Å². The second-order valence-corrected chi connectivity index (χ2v) is 6.27. The van der Waals surface area contributed by atoms with Crippen LogP contribution in [0, 0.1) is 5.41 Å². The van der Waals surface area contributed by atoms with Crippen molar-refractivity contribution < 1.29 is 4.74 Å². The maximum atomic E-state index is 5.31. The number of hydrogen-bond acceptors (Lipinski definition) is 3. The van der Waals surface area contributed by atoms with Gasteiger partial charge in [0, 0.05) is 32.3 Å². The van der Waals surface area contributed by atoms with Crippen LogP contribution in [0.3, 0.4) is 0 Å². The first kappa shape index (κ1) is 13.9. The summed E-state index contributed by atoms with van der Waals surface area (Å²) >= 11 is 0. The Kier molecular flexibility index (Phi) is 5.22. The minimum atomic E-state index is 0.348. The molecular formula is C13H28N2O. The molecule has 1 unspecified atom stereocenters. The molecule has 96 valence electrons. The van der Waals surface area contributed by atoms with Gasteiger partial charge in [0.2, 0.25) is 0 Å². The van der Waals surface area contributed by atoms with Gasteiger partial charge in [0.05, 0.1) is 6.61 Å². The summed E-state index contributed by atoms with van der Waals surface area (Å²) in [7, 11) is 3.98. The summed E-state index contributed by atoms with van der Waals surface area (Å²) in [5.41, 5.74) is 0.348. The normalized spacial score (nSPS) is 19.1. The zero-order valence-electron chi connectivity index (χ0n) is 11.5. The lowest BCUT2D eigenvalue weighted by Crippen LogP contribution is -2.46. The van der Waals surface area contributed by atoms with Crippen molar-refractivity contribution in [3.8, 4) is 0 Å². The highest BCUT2D eigenvalue weighted by molar-refractivity contribution is 4.84. The van der Waals surface area contributed by atoms with E-state index in [2.05, 4.69) is 38.0 Å². The largest absolute Gasteiger partial charge is 0.383 e. The second kappa shape index (κ2) is 5.99. The molecule has 1 aliphatic rings. The van der Waals surface area contributed by atoms with Gasteiger partial charge in [-0.15, -0.1) is 0 Å². The maximum absolute atomic E-state index is 5.31. The Hall–Kier alpha value is -0.120. The van der Waals surface area contributed by atoms with Gasteiger partial charge in [-0.2, -0.15) is 0 Å². The lowest BCUT2D eigenvalue weighted by atomic mass is 9.95. The number of methoxy groups -OCH3 is 1. The summed E-state index contributed by atoms with van der Waals surface area (Å²) in [6.07, 6.45) is 2.70. The standard InChI is InChI=1S/C13H28N2O/c1-13(2,3)10-15(4)12(9-16-5)8-14-11-6-7-11/h11-12,14H,6-10H2,1-5H3. The average molecular weight is 228 g/mol. The Bertz CT molecular complexity index is 197. The van der Waals surface area contributed by atoms with E-state index in [0.29, 0.717) is 11.5 Å². The van der Waals surface area contributed by atoms with Crippen molar-refractivity contribution >= 4 is 0 Å². The van der Waals surface area contributed by atoms with Crippen molar-refractivity contribution in [3.05, 3.63) is 0 Å². The van der Waals surface area contributed by atoms with Crippen LogP contribution in [-0.4, -0.2) is 50.8 Å².